The fraction of sp³-hybridized carbons (Fsp3) is 0.667. The highest BCUT2D eigenvalue weighted by atomic mass is 35.5. The van der Waals surface area contributed by atoms with E-state index >= 15 is 0 Å². The Balaban J connectivity index is 1.22. The highest BCUT2D eigenvalue weighted by molar-refractivity contribution is 6.76. The summed E-state index contributed by atoms with van der Waals surface area (Å²) in [6.07, 6.45) is 1.37. The maximum Gasteiger partial charge on any atom is 0.423 e. The van der Waals surface area contributed by atoms with Crippen LogP contribution in [0.5, 0.6) is 0 Å². The molecular weight excluding hydrogens is 643 g/mol. The summed E-state index contributed by atoms with van der Waals surface area (Å²) in [5, 5.41) is 4.48. The summed E-state index contributed by atoms with van der Waals surface area (Å²) >= 11 is 5.87. The minimum Gasteiger partial charge on any atom is -0.366 e. The zero-order valence-electron chi connectivity index (χ0n) is 26.4. The van der Waals surface area contributed by atoms with Crippen LogP contribution in [0.3, 0.4) is 0 Å². The number of aromatic nitrogens is 4. The van der Waals surface area contributed by atoms with Crippen molar-refractivity contribution in [1.82, 2.24) is 24.6 Å². The van der Waals surface area contributed by atoms with Gasteiger partial charge in [-0.1, -0.05) is 31.2 Å². The van der Waals surface area contributed by atoms with E-state index < -0.39 is 43.3 Å². The number of rotatable bonds is 10. The molecule has 1 saturated carbocycles. The maximum atomic E-state index is 14.4. The summed E-state index contributed by atoms with van der Waals surface area (Å²) in [5.74, 6) is -0.674. The number of piperazine rings is 1. The molecule has 2 aliphatic heterocycles. The van der Waals surface area contributed by atoms with Gasteiger partial charge in [0.05, 0.1) is 29.3 Å². The monoisotopic (exact) mass is 683 g/mol. The van der Waals surface area contributed by atoms with Crippen molar-refractivity contribution in [2.45, 2.75) is 76.7 Å². The van der Waals surface area contributed by atoms with E-state index in [1.807, 2.05) is 4.90 Å². The molecule has 3 aliphatic rings. The highest BCUT2D eigenvalue weighted by Crippen LogP contribution is 2.42. The smallest absolute Gasteiger partial charge is 0.366 e. The average Bonchev–Trinajstić information content (AvgIpc) is 3.61. The van der Waals surface area contributed by atoms with Gasteiger partial charge in [0, 0.05) is 71.7 Å². The van der Waals surface area contributed by atoms with E-state index in [0.717, 1.165) is 12.2 Å². The zero-order chi connectivity index (χ0) is 33.2. The van der Waals surface area contributed by atoms with Gasteiger partial charge < -0.3 is 19.4 Å². The predicted molar refractivity (Wildman–Crippen MR) is 170 cm³/mol. The quantitative estimate of drug-likeness (QED) is 0.267. The highest BCUT2D eigenvalue weighted by Gasteiger charge is 2.47. The van der Waals surface area contributed by atoms with Crippen molar-refractivity contribution in [2.75, 3.05) is 49.1 Å². The van der Waals surface area contributed by atoms with Crippen molar-refractivity contribution >= 4 is 43.0 Å². The zero-order valence-corrected chi connectivity index (χ0v) is 28.2. The molecule has 2 unspecified atom stereocenters. The standard InChI is InChI=1S/C30H41ClF3N7O4Si/c1-46(2,3)14-13-45-19-41-28(44)26(30(32,33)34)24(18-37-41)40-8-4-5-23(40)22-7-6-20(27(22)43)15-25(42)38-9-11-39(12-10-38)29-35-16-21(31)17-36-29/h16-18,20,22-23H,4-15,19H2,1-3H3/t20?,22?,23-/m0/s1. The summed E-state index contributed by atoms with van der Waals surface area (Å²) in [5.41, 5.74) is -2.84. The third-order valence-corrected chi connectivity index (χ3v) is 11.0. The first-order valence-electron chi connectivity index (χ1n) is 15.8. The Morgan fingerprint density at radius 1 is 1.02 bits per heavy atom. The minimum absolute atomic E-state index is 0.0720. The third-order valence-electron chi connectivity index (χ3n) is 9.13. The Morgan fingerprint density at radius 2 is 1.72 bits per heavy atom. The Morgan fingerprint density at radius 3 is 2.37 bits per heavy atom. The van der Waals surface area contributed by atoms with Crippen molar-refractivity contribution in [3.8, 4) is 0 Å². The van der Waals surface area contributed by atoms with Crippen molar-refractivity contribution in [1.29, 1.82) is 0 Å². The first-order valence-corrected chi connectivity index (χ1v) is 19.9. The number of Topliss-reactive ketones (excluding diaryl/α,β-unsaturated/α-hetero) is 1. The molecule has 46 heavy (non-hydrogen) atoms. The van der Waals surface area contributed by atoms with Gasteiger partial charge in [-0.15, -0.1) is 0 Å². The Labute approximate surface area is 272 Å². The van der Waals surface area contributed by atoms with E-state index in [1.165, 1.54) is 12.4 Å². The van der Waals surface area contributed by atoms with Crippen molar-refractivity contribution in [3.05, 3.63) is 39.5 Å². The van der Waals surface area contributed by atoms with Crippen LogP contribution >= 0.6 is 11.6 Å². The Hall–Kier alpha value is -3.04. The lowest BCUT2D eigenvalue weighted by molar-refractivity contribution is -0.139. The molecule has 0 bridgehead atoms. The Bertz CT molecular complexity index is 1460. The van der Waals surface area contributed by atoms with Crippen LogP contribution in [0.1, 0.15) is 37.7 Å². The number of carbonyl (C=O) groups is 2. The van der Waals surface area contributed by atoms with Crippen LogP contribution in [-0.2, 0) is 27.2 Å². The summed E-state index contributed by atoms with van der Waals surface area (Å²) in [7, 11) is -1.42. The largest absolute Gasteiger partial charge is 0.423 e. The number of ketones is 1. The third kappa shape index (κ3) is 7.90. The van der Waals surface area contributed by atoms with Crippen molar-refractivity contribution in [3.63, 3.8) is 0 Å². The van der Waals surface area contributed by atoms with Gasteiger partial charge in [-0.25, -0.2) is 14.6 Å². The lowest BCUT2D eigenvalue weighted by Gasteiger charge is -2.35. The molecule has 3 fully saturated rings. The van der Waals surface area contributed by atoms with Crippen molar-refractivity contribution < 1.29 is 27.5 Å². The number of hydrogen-bond donors (Lipinski definition) is 0. The Kier molecular flexibility index (Phi) is 10.4. The fourth-order valence-corrected chi connectivity index (χ4v) is 7.47. The van der Waals surface area contributed by atoms with E-state index in [-0.39, 0.29) is 37.1 Å². The molecule has 5 rings (SSSR count). The van der Waals surface area contributed by atoms with Crippen LogP contribution in [0.15, 0.2) is 23.4 Å². The van der Waals surface area contributed by atoms with E-state index in [1.54, 1.807) is 9.80 Å². The first kappa shape index (κ1) is 34.3. The number of nitrogens with zero attached hydrogens (tertiary/aromatic N) is 7. The van der Waals surface area contributed by atoms with Crippen molar-refractivity contribution in [2.24, 2.45) is 11.8 Å². The molecule has 2 aromatic heterocycles. The summed E-state index contributed by atoms with van der Waals surface area (Å²) < 4.78 is 49.3. The van der Waals surface area contributed by atoms with Gasteiger partial charge in [-0.05, 0) is 31.7 Å². The van der Waals surface area contributed by atoms with Crippen LogP contribution in [-0.4, -0.2) is 89.8 Å². The molecule has 11 nitrogen and oxygen atoms in total. The van der Waals surface area contributed by atoms with Gasteiger partial charge in [-0.2, -0.15) is 18.3 Å². The number of anilines is 2. The molecule has 1 aliphatic carbocycles. The fourth-order valence-electron chi connectivity index (χ4n) is 6.61. The molecule has 0 aromatic carbocycles. The second kappa shape index (κ2) is 14.0. The van der Waals surface area contributed by atoms with Gasteiger partial charge >= 0.3 is 6.18 Å². The first-order chi connectivity index (χ1) is 21.7. The number of halogens is 4. The number of ether oxygens (including phenoxy) is 1. The second-order valence-electron chi connectivity index (χ2n) is 13.5. The second-order valence-corrected chi connectivity index (χ2v) is 19.6. The summed E-state index contributed by atoms with van der Waals surface area (Å²) in [6.45, 7) is 8.74. The molecule has 1 amide bonds. The number of carbonyl (C=O) groups excluding carboxylic acids is 2. The van der Waals surface area contributed by atoms with E-state index in [2.05, 4.69) is 34.7 Å². The molecule has 0 spiro atoms. The lowest BCUT2D eigenvalue weighted by Crippen LogP contribution is -2.49. The number of hydrogen-bond acceptors (Lipinski definition) is 9. The van der Waals surface area contributed by atoms with Gasteiger partial charge in [0.25, 0.3) is 5.56 Å². The SMILES string of the molecule is C[Si](C)(C)CCOCn1ncc(N2CCC[C@H]2C2CCC(CC(=O)N3CCN(c4ncc(Cl)cn4)CC3)C2=O)c(C(F)(F)F)c1=O. The lowest BCUT2D eigenvalue weighted by atomic mass is 9.91. The molecule has 4 heterocycles. The molecular formula is C30H41ClF3N7O4Si. The van der Waals surface area contributed by atoms with Crippen LogP contribution in [0.25, 0.3) is 0 Å². The minimum atomic E-state index is -4.92. The van der Waals surface area contributed by atoms with Gasteiger partial charge in [-0.3, -0.25) is 14.4 Å². The molecule has 16 heteroatoms. The van der Waals surface area contributed by atoms with E-state index in [0.29, 0.717) is 74.1 Å². The predicted octanol–water partition coefficient (Wildman–Crippen LogP) is 4.32. The molecule has 3 atom stereocenters. The van der Waals surface area contributed by atoms with E-state index in [4.69, 9.17) is 16.3 Å². The molecule has 0 N–H and O–H groups in total. The van der Waals surface area contributed by atoms with Gasteiger partial charge in [0.15, 0.2) is 0 Å². The van der Waals surface area contributed by atoms with Gasteiger partial charge in [0.2, 0.25) is 11.9 Å². The summed E-state index contributed by atoms with van der Waals surface area (Å²) in [4.78, 5) is 53.6. The maximum absolute atomic E-state index is 14.4. The van der Waals surface area contributed by atoms with Crippen LogP contribution in [0, 0.1) is 11.8 Å². The summed E-state index contributed by atoms with van der Waals surface area (Å²) in [6, 6.07) is 0.307. The van der Waals surface area contributed by atoms with E-state index in [9.17, 15) is 27.6 Å². The topological polar surface area (TPSA) is 114 Å². The normalized spacial score (nSPS) is 22.6. The number of alkyl halides is 3. The van der Waals surface area contributed by atoms with Gasteiger partial charge in [0.1, 0.15) is 18.1 Å². The van der Waals surface area contributed by atoms with Crippen LogP contribution in [0.4, 0.5) is 24.8 Å². The van der Waals surface area contributed by atoms with Crippen LogP contribution < -0.4 is 15.4 Å². The molecule has 2 aromatic rings. The van der Waals surface area contributed by atoms with Crippen LogP contribution in [0.2, 0.25) is 30.7 Å². The molecule has 0 radical (unpaired) electrons. The average molecular weight is 684 g/mol. The number of amides is 1. The molecule has 252 valence electrons. The molecule has 2 saturated heterocycles.